The number of aromatic nitrogens is 1. The summed E-state index contributed by atoms with van der Waals surface area (Å²) in [5.41, 5.74) is 1.87. The largest absolute Gasteiger partial charge is 0.331 e. The van der Waals surface area contributed by atoms with Crippen LogP contribution in [0, 0.1) is 0 Å². The highest BCUT2D eigenvalue weighted by Crippen LogP contribution is 2.19. The third kappa shape index (κ3) is 3.67. The number of hydrogen-bond donors (Lipinski definition) is 0. The molecule has 0 spiro atoms. The number of amides is 2. The molecular weight excluding hydrogens is 260 g/mol. The first kappa shape index (κ1) is 14.3. The first-order valence-electron chi connectivity index (χ1n) is 6.61. The molecule has 106 valence electrons. The van der Waals surface area contributed by atoms with Gasteiger partial charge in [-0.1, -0.05) is 0 Å². The number of carbonyl (C=O) groups excluding carboxylic acids is 1. The van der Waals surface area contributed by atoms with Crippen molar-refractivity contribution < 1.29 is 4.79 Å². The maximum atomic E-state index is 12.0. The van der Waals surface area contributed by atoms with Gasteiger partial charge in [0.25, 0.3) is 0 Å². The number of piperidine rings is 1. The Morgan fingerprint density at radius 2 is 2.32 bits per heavy atom. The monoisotopic (exact) mass is 282 g/mol. The molecule has 1 aromatic rings. The molecule has 0 saturated carbocycles. The summed E-state index contributed by atoms with van der Waals surface area (Å²) in [6.45, 7) is 3.01. The van der Waals surface area contributed by atoms with Crippen LogP contribution in [-0.2, 0) is 6.54 Å². The van der Waals surface area contributed by atoms with Gasteiger partial charge in [0.2, 0.25) is 0 Å². The molecule has 2 amide bonds. The van der Waals surface area contributed by atoms with E-state index in [1.807, 2.05) is 23.7 Å². The smallest absolute Gasteiger partial charge is 0.319 e. The SMILES string of the molecule is CN(C)C(=O)N(C)C1CCCN(Cc2cncs2)C1. The maximum Gasteiger partial charge on any atom is 0.319 e. The molecule has 1 unspecified atom stereocenters. The quantitative estimate of drug-likeness (QED) is 0.847. The van der Waals surface area contributed by atoms with E-state index in [9.17, 15) is 4.79 Å². The molecule has 0 N–H and O–H groups in total. The third-order valence-electron chi connectivity index (χ3n) is 3.58. The second-order valence-electron chi connectivity index (χ2n) is 5.29. The lowest BCUT2D eigenvalue weighted by Gasteiger charge is -2.38. The number of likely N-dealkylation sites (tertiary alicyclic amines) is 1. The van der Waals surface area contributed by atoms with Gasteiger partial charge in [0.15, 0.2) is 0 Å². The van der Waals surface area contributed by atoms with Crippen molar-refractivity contribution in [2.75, 3.05) is 34.2 Å². The van der Waals surface area contributed by atoms with E-state index in [4.69, 9.17) is 0 Å². The van der Waals surface area contributed by atoms with Crippen LogP contribution in [0.4, 0.5) is 4.79 Å². The van der Waals surface area contributed by atoms with Gasteiger partial charge in [-0.25, -0.2) is 4.79 Å². The van der Waals surface area contributed by atoms with Gasteiger partial charge in [-0.05, 0) is 19.4 Å². The normalized spacial score (nSPS) is 20.3. The molecule has 1 aliphatic heterocycles. The van der Waals surface area contributed by atoms with Crippen molar-refractivity contribution in [2.45, 2.75) is 25.4 Å². The number of hydrogen-bond acceptors (Lipinski definition) is 4. The van der Waals surface area contributed by atoms with Crippen LogP contribution in [0.25, 0.3) is 0 Å². The van der Waals surface area contributed by atoms with Gasteiger partial charge in [-0.2, -0.15) is 0 Å². The molecule has 1 atom stereocenters. The van der Waals surface area contributed by atoms with Crippen molar-refractivity contribution >= 4 is 17.4 Å². The second kappa shape index (κ2) is 6.34. The number of thiazole rings is 1. The first-order chi connectivity index (χ1) is 9.08. The summed E-state index contributed by atoms with van der Waals surface area (Å²) in [6.07, 6.45) is 4.17. The van der Waals surface area contributed by atoms with E-state index < -0.39 is 0 Å². The van der Waals surface area contributed by atoms with Crippen molar-refractivity contribution in [3.8, 4) is 0 Å². The fourth-order valence-corrected chi connectivity index (χ4v) is 3.14. The summed E-state index contributed by atoms with van der Waals surface area (Å²) in [5, 5.41) is 0. The highest BCUT2D eigenvalue weighted by molar-refractivity contribution is 7.09. The van der Waals surface area contributed by atoms with Gasteiger partial charge >= 0.3 is 6.03 Å². The van der Waals surface area contributed by atoms with E-state index in [0.717, 1.165) is 32.5 Å². The Kier molecular flexibility index (Phi) is 4.76. The Balaban J connectivity index is 1.91. The number of urea groups is 1. The summed E-state index contributed by atoms with van der Waals surface area (Å²) in [6, 6.07) is 0.404. The summed E-state index contributed by atoms with van der Waals surface area (Å²) < 4.78 is 0. The van der Waals surface area contributed by atoms with Crippen LogP contribution in [0.2, 0.25) is 0 Å². The van der Waals surface area contributed by atoms with Crippen LogP contribution in [0.15, 0.2) is 11.7 Å². The molecule has 1 fully saturated rings. The highest BCUT2D eigenvalue weighted by Gasteiger charge is 2.26. The molecule has 0 bridgehead atoms. The van der Waals surface area contributed by atoms with E-state index in [0.29, 0.717) is 6.04 Å². The van der Waals surface area contributed by atoms with Crippen LogP contribution in [0.5, 0.6) is 0 Å². The maximum absolute atomic E-state index is 12.0. The summed E-state index contributed by atoms with van der Waals surface area (Å²) in [5.74, 6) is 0. The zero-order valence-corrected chi connectivity index (χ0v) is 12.7. The molecule has 5 nitrogen and oxygen atoms in total. The molecule has 2 rings (SSSR count). The first-order valence-corrected chi connectivity index (χ1v) is 7.49. The number of carbonyl (C=O) groups is 1. The molecule has 1 aromatic heterocycles. The lowest BCUT2D eigenvalue weighted by atomic mass is 10.0. The van der Waals surface area contributed by atoms with Gasteiger partial charge in [0.05, 0.1) is 5.51 Å². The molecule has 0 aromatic carbocycles. The molecular formula is C13H22N4OS. The third-order valence-corrected chi connectivity index (χ3v) is 4.34. The minimum Gasteiger partial charge on any atom is -0.331 e. The molecule has 0 aliphatic carbocycles. The Bertz CT molecular complexity index is 407. The minimum absolute atomic E-state index is 0.0876. The van der Waals surface area contributed by atoms with Gasteiger partial charge in [0.1, 0.15) is 0 Å². The second-order valence-corrected chi connectivity index (χ2v) is 6.26. The van der Waals surface area contributed by atoms with Gasteiger partial charge < -0.3 is 9.80 Å². The van der Waals surface area contributed by atoms with Crippen LogP contribution >= 0.6 is 11.3 Å². The average Bonchev–Trinajstić information content (AvgIpc) is 2.90. The molecule has 1 saturated heterocycles. The Morgan fingerprint density at radius 1 is 1.53 bits per heavy atom. The van der Waals surface area contributed by atoms with Crippen LogP contribution in [0.3, 0.4) is 0 Å². The number of nitrogens with zero attached hydrogens (tertiary/aromatic N) is 4. The molecule has 19 heavy (non-hydrogen) atoms. The van der Waals surface area contributed by atoms with Crippen molar-refractivity contribution in [3.63, 3.8) is 0 Å². The lowest BCUT2D eigenvalue weighted by molar-refractivity contribution is 0.110. The van der Waals surface area contributed by atoms with E-state index in [1.165, 1.54) is 4.88 Å². The lowest BCUT2D eigenvalue weighted by Crippen LogP contribution is -2.50. The van der Waals surface area contributed by atoms with E-state index >= 15 is 0 Å². The zero-order valence-electron chi connectivity index (χ0n) is 11.9. The number of likely N-dealkylation sites (N-methyl/N-ethyl adjacent to an activating group) is 1. The predicted molar refractivity (Wildman–Crippen MR) is 77.3 cm³/mol. The fraction of sp³-hybridized carbons (Fsp3) is 0.692. The van der Waals surface area contributed by atoms with E-state index in [2.05, 4.69) is 9.88 Å². The highest BCUT2D eigenvalue weighted by atomic mass is 32.1. The summed E-state index contributed by atoms with van der Waals surface area (Å²) in [7, 11) is 5.51. The molecule has 6 heteroatoms. The fourth-order valence-electron chi connectivity index (χ4n) is 2.50. The molecule has 2 heterocycles. The van der Waals surface area contributed by atoms with Crippen LogP contribution < -0.4 is 0 Å². The van der Waals surface area contributed by atoms with E-state index in [-0.39, 0.29) is 6.03 Å². The minimum atomic E-state index is 0.0876. The van der Waals surface area contributed by atoms with Crippen molar-refractivity contribution in [1.29, 1.82) is 0 Å². The Hall–Kier alpha value is -1.14. The standard InChI is InChI=1S/C13H22N4OS/c1-15(2)13(18)16(3)11-5-4-6-17(8-11)9-12-7-14-10-19-12/h7,10-11H,4-6,8-9H2,1-3H3. The number of rotatable bonds is 3. The summed E-state index contributed by atoms with van der Waals surface area (Å²) >= 11 is 1.70. The van der Waals surface area contributed by atoms with Crippen molar-refractivity contribution in [3.05, 3.63) is 16.6 Å². The van der Waals surface area contributed by atoms with Crippen LogP contribution in [0.1, 0.15) is 17.7 Å². The topological polar surface area (TPSA) is 39.7 Å². The Labute approximate surface area is 118 Å². The zero-order chi connectivity index (χ0) is 13.8. The van der Waals surface area contributed by atoms with E-state index in [1.54, 1.807) is 30.3 Å². The van der Waals surface area contributed by atoms with Crippen molar-refractivity contribution in [2.24, 2.45) is 0 Å². The van der Waals surface area contributed by atoms with Gasteiger partial charge in [-0.15, -0.1) is 11.3 Å². The van der Waals surface area contributed by atoms with Gasteiger partial charge in [-0.3, -0.25) is 9.88 Å². The molecule has 1 aliphatic rings. The predicted octanol–water partition coefficient (Wildman–Crippen LogP) is 1.72. The average molecular weight is 282 g/mol. The van der Waals surface area contributed by atoms with Gasteiger partial charge in [0, 0.05) is 51.3 Å². The Morgan fingerprint density at radius 3 is 2.95 bits per heavy atom. The summed E-state index contributed by atoms with van der Waals surface area (Å²) in [4.78, 5) is 23.3. The molecule has 0 radical (unpaired) electrons. The van der Waals surface area contributed by atoms with Crippen LogP contribution in [-0.4, -0.2) is 66.0 Å². The van der Waals surface area contributed by atoms with Crippen molar-refractivity contribution in [1.82, 2.24) is 19.7 Å².